The molecule has 0 aromatic heterocycles. The van der Waals surface area contributed by atoms with E-state index < -0.39 is 41.0 Å². The molecular weight excluding hydrogens is 454 g/mol. The molecule has 4 rings (SSSR count). The van der Waals surface area contributed by atoms with E-state index in [-0.39, 0.29) is 23.1 Å². The zero-order valence-electron chi connectivity index (χ0n) is 18.1. The van der Waals surface area contributed by atoms with Gasteiger partial charge in [-0.3, -0.25) is 14.4 Å². The zero-order valence-corrected chi connectivity index (χ0v) is 18.1. The molecule has 2 fully saturated rings. The van der Waals surface area contributed by atoms with E-state index in [2.05, 4.69) is 10.6 Å². The molecule has 2 aromatic carbocycles. The molecule has 2 N–H and O–H groups in total. The average Bonchev–Trinajstić information content (AvgIpc) is 3.65. The Bertz CT molecular complexity index is 1110. The Morgan fingerprint density at radius 2 is 1.56 bits per heavy atom. The lowest BCUT2D eigenvalue weighted by Gasteiger charge is -2.31. The molecule has 0 unspecified atom stereocenters. The highest BCUT2D eigenvalue weighted by atomic mass is 19.4. The maximum Gasteiger partial charge on any atom is 0.418 e. The number of nitrogens with one attached hydrogen (secondary N) is 2. The fourth-order valence-corrected chi connectivity index (χ4v) is 3.99. The number of alkyl halides is 3. The van der Waals surface area contributed by atoms with Crippen molar-refractivity contribution in [1.82, 2.24) is 4.90 Å². The molecule has 2 aromatic rings. The lowest BCUT2D eigenvalue weighted by molar-refractivity contribution is -0.137. The summed E-state index contributed by atoms with van der Waals surface area (Å²) in [5.74, 6) is -2.58. The summed E-state index contributed by atoms with van der Waals surface area (Å²) < 4.78 is 54.9. The van der Waals surface area contributed by atoms with E-state index in [4.69, 9.17) is 0 Å². The van der Waals surface area contributed by atoms with Crippen LogP contribution in [0, 0.1) is 17.7 Å². The molecule has 1 saturated carbocycles. The van der Waals surface area contributed by atoms with Crippen molar-refractivity contribution in [3.63, 3.8) is 0 Å². The van der Waals surface area contributed by atoms with Gasteiger partial charge < -0.3 is 15.5 Å². The van der Waals surface area contributed by atoms with Gasteiger partial charge in [-0.25, -0.2) is 4.39 Å². The molecule has 1 heterocycles. The molecule has 2 aliphatic rings. The summed E-state index contributed by atoms with van der Waals surface area (Å²) in [7, 11) is 0. The minimum atomic E-state index is -4.80. The SMILES string of the molecule is O=C(Nc1ccc(NC(=O)C2CCN(C(=O)C3CC3)CC2)c(C(F)(F)F)c1)c1ccccc1F. The minimum Gasteiger partial charge on any atom is -0.342 e. The van der Waals surface area contributed by atoms with Gasteiger partial charge in [0.25, 0.3) is 5.91 Å². The molecule has 0 spiro atoms. The first-order valence-corrected chi connectivity index (χ1v) is 11.0. The standard InChI is InChI=1S/C24H23F4N3O3/c25-19-4-2-1-3-17(19)22(33)29-16-7-8-20(18(13-16)24(26,27)28)30-21(32)14-9-11-31(12-10-14)23(34)15-5-6-15/h1-4,7-8,13-15H,5-6,9-12H2,(H,29,33)(H,30,32). The lowest BCUT2D eigenvalue weighted by Crippen LogP contribution is -2.42. The van der Waals surface area contributed by atoms with Crippen LogP contribution in [0.3, 0.4) is 0 Å². The molecule has 1 aliphatic heterocycles. The number of carbonyl (C=O) groups excluding carboxylic acids is 3. The highest BCUT2D eigenvalue weighted by Crippen LogP contribution is 2.37. The molecule has 1 saturated heterocycles. The predicted octanol–water partition coefficient (Wildman–Crippen LogP) is 4.68. The number of halogens is 4. The van der Waals surface area contributed by atoms with Gasteiger partial charge in [0, 0.05) is 30.6 Å². The van der Waals surface area contributed by atoms with Gasteiger partial charge in [0.05, 0.1) is 16.8 Å². The summed E-state index contributed by atoms with van der Waals surface area (Å²) in [4.78, 5) is 38.8. The number of carbonyl (C=O) groups is 3. The largest absolute Gasteiger partial charge is 0.418 e. The average molecular weight is 477 g/mol. The number of piperidine rings is 1. The van der Waals surface area contributed by atoms with Crippen molar-refractivity contribution in [1.29, 1.82) is 0 Å². The molecular formula is C24H23F4N3O3. The molecule has 1 aliphatic carbocycles. The Balaban J connectivity index is 1.44. The van der Waals surface area contributed by atoms with E-state index >= 15 is 0 Å². The van der Waals surface area contributed by atoms with Crippen LogP contribution in [0.25, 0.3) is 0 Å². The number of likely N-dealkylation sites (tertiary alicyclic amines) is 1. The van der Waals surface area contributed by atoms with Crippen LogP contribution < -0.4 is 10.6 Å². The number of benzene rings is 2. The second-order valence-corrected chi connectivity index (χ2v) is 8.56. The summed E-state index contributed by atoms with van der Waals surface area (Å²) in [6, 6.07) is 8.08. The van der Waals surface area contributed by atoms with Crippen LogP contribution in [0.4, 0.5) is 28.9 Å². The predicted molar refractivity (Wildman–Crippen MR) is 116 cm³/mol. The molecule has 6 nitrogen and oxygen atoms in total. The zero-order chi connectivity index (χ0) is 24.5. The summed E-state index contributed by atoms with van der Waals surface area (Å²) in [5, 5.41) is 4.61. The van der Waals surface area contributed by atoms with Crippen LogP contribution in [0.1, 0.15) is 41.6 Å². The van der Waals surface area contributed by atoms with Gasteiger partial charge in [0.15, 0.2) is 0 Å². The van der Waals surface area contributed by atoms with E-state index in [1.165, 1.54) is 24.3 Å². The number of rotatable bonds is 5. The third-order valence-electron chi connectivity index (χ3n) is 6.06. The van der Waals surface area contributed by atoms with E-state index in [1.54, 1.807) is 4.90 Å². The topological polar surface area (TPSA) is 78.5 Å². The summed E-state index contributed by atoms with van der Waals surface area (Å²) in [5.41, 5.74) is -2.06. The van der Waals surface area contributed by atoms with Crippen LogP contribution in [-0.2, 0) is 15.8 Å². The van der Waals surface area contributed by atoms with Gasteiger partial charge in [0.2, 0.25) is 11.8 Å². The second-order valence-electron chi connectivity index (χ2n) is 8.56. The van der Waals surface area contributed by atoms with Gasteiger partial charge >= 0.3 is 6.18 Å². The van der Waals surface area contributed by atoms with E-state index in [9.17, 15) is 31.9 Å². The Hall–Kier alpha value is -3.43. The molecule has 3 amide bonds. The molecule has 180 valence electrons. The molecule has 10 heteroatoms. The van der Waals surface area contributed by atoms with Gasteiger partial charge in [0.1, 0.15) is 5.82 Å². The highest BCUT2D eigenvalue weighted by molar-refractivity contribution is 6.04. The molecule has 0 radical (unpaired) electrons. The van der Waals surface area contributed by atoms with Crippen molar-refractivity contribution in [2.24, 2.45) is 11.8 Å². The fraction of sp³-hybridized carbons (Fsp3) is 0.375. The van der Waals surface area contributed by atoms with Crippen molar-refractivity contribution in [2.75, 3.05) is 23.7 Å². The van der Waals surface area contributed by atoms with Gasteiger partial charge in [-0.1, -0.05) is 12.1 Å². The van der Waals surface area contributed by atoms with Crippen molar-refractivity contribution in [3.05, 3.63) is 59.4 Å². The van der Waals surface area contributed by atoms with Crippen molar-refractivity contribution >= 4 is 29.1 Å². The quantitative estimate of drug-likeness (QED) is 0.614. The van der Waals surface area contributed by atoms with Crippen molar-refractivity contribution in [2.45, 2.75) is 31.9 Å². The van der Waals surface area contributed by atoms with E-state index in [0.29, 0.717) is 32.0 Å². The highest BCUT2D eigenvalue weighted by Gasteiger charge is 2.37. The minimum absolute atomic E-state index is 0.0807. The second kappa shape index (κ2) is 9.44. The number of nitrogens with zero attached hydrogens (tertiary/aromatic N) is 1. The Morgan fingerprint density at radius 1 is 0.882 bits per heavy atom. The first kappa shape index (κ1) is 23.7. The summed E-state index contributed by atoms with van der Waals surface area (Å²) in [6.07, 6.45) is -2.28. The van der Waals surface area contributed by atoms with Crippen molar-refractivity contribution in [3.8, 4) is 0 Å². The van der Waals surface area contributed by atoms with Gasteiger partial charge in [-0.15, -0.1) is 0 Å². The Morgan fingerprint density at radius 3 is 2.18 bits per heavy atom. The monoisotopic (exact) mass is 477 g/mol. The van der Waals surface area contributed by atoms with Crippen molar-refractivity contribution < 1.29 is 31.9 Å². The number of anilines is 2. The Kier molecular flexibility index (Phi) is 6.58. The van der Waals surface area contributed by atoms with E-state index in [1.807, 2.05) is 0 Å². The third-order valence-corrected chi connectivity index (χ3v) is 6.06. The summed E-state index contributed by atoms with van der Waals surface area (Å²) in [6.45, 7) is 0.807. The number of hydrogen-bond donors (Lipinski definition) is 2. The van der Waals surface area contributed by atoms with Crippen LogP contribution in [0.5, 0.6) is 0 Å². The van der Waals surface area contributed by atoms with E-state index in [0.717, 1.165) is 25.0 Å². The van der Waals surface area contributed by atoms with Crippen LogP contribution >= 0.6 is 0 Å². The Labute approximate surface area is 193 Å². The molecule has 0 atom stereocenters. The first-order chi connectivity index (χ1) is 16.1. The van der Waals surface area contributed by atoms with Crippen LogP contribution in [0.15, 0.2) is 42.5 Å². The van der Waals surface area contributed by atoms with Gasteiger partial charge in [-0.2, -0.15) is 13.2 Å². The maximum atomic E-state index is 13.8. The smallest absolute Gasteiger partial charge is 0.342 e. The molecule has 0 bridgehead atoms. The third kappa shape index (κ3) is 5.37. The van der Waals surface area contributed by atoms with Crippen LogP contribution in [-0.4, -0.2) is 35.7 Å². The summed E-state index contributed by atoms with van der Waals surface area (Å²) >= 11 is 0. The fourth-order valence-electron chi connectivity index (χ4n) is 3.99. The lowest BCUT2D eigenvalue weighted by atomic mass is 9.95. The molecule has 34 heavy (non-hydrogen) atoms. The van der Waals surface area contributed by atoms with Crippen LogP contribution in [0.2, 0.25) is 0 Å². The normalized spacial score (nSPS) is 16.8. The van der Waals surface area contributed by atoms with Gasteiger partial charge in [-0.05, 0) is 56.0 Å². The number of hydrogen-bond acceptors (Lipinski definition) is 3. The number of amides is 3. The first-order valence-electron chi connectivity index (χ1n) is 11.0. The maximum absolute atomic E-state index is 13.8.